The average Bonchev–Trinajstić information content (AvgIpc) is 3.99. The van der Waals surface area contributed by atoms with Gasteiger partial charge in [0.1, 0.15) is 0 Å². The Morgan fingerprint density at radius 1 is 0.397 bits per heavy atom. The fourth-order valence-electron chi connectivity index (χ4n) is 9.04. The molecule has 8 aromatic carbocycles. The average molecular weight is 794 g/mol. The van der Waals surface area contributed by atoms with Crippen LogP contribution < -0.4 is 4.90 Å². The number of hydrogen-bond donors (Lipinski definition) is 0. The first-order valence-electron chi connectivity index (χ1n) is 19.9. The maximum absolute atomic E-state index is 2.44. The molecular formula is C54H35NS3. The number of hydrogen-bond acceptors (Lipinski definition) is 4. The molecule has 58 heavy (non-hydrogen) atoms. The molecule has 1 atom stereocenters. The van der Waals surface area contributed by atoms with Crippen molar-refractivity contribution < 1.29 is 0 Å². The molecule has 0 amide bonds. The van der Waals surface area contributed by atoms with Crippen LogP contribution in [0.1, 0.15) is 17.9 Å². The van der Waals surface area contributed by atoms with Crippen molar-refractivity contribution in [3.8, 4) is 22.3 Å². The van der Waals surface area contributed by atoms with Gasteiger partial charge in [-0.1, -0.05) is 146 Å². The molecule has 1 unspecified atom stereocenters. The Morgan fingerprint density at radius 2 is 0.828 bits per heavy atom. The van der Waals surface area contributed by atoms with E-state index in [9.17, 15) is 0 Å². The van der Waals surface area contributed by atoms with Gasteiger partial charge in [-0.25, -0.2) is 0 Å². The van der Waals surface area contributed by atoms with Crippen molar-refractivity contribution in [1.82, 2.24) is 0 Å². The van der Waals surface area contributed by atoms with Crippen molar-refractivity contribution in [1.29, 1.82) is 0 Å². The van der Waals surface area contributed by atoms with Crippen LogP contribution in [-0.2, 0) is 0 Å². The van der Waals surface area contributed by atoms with Gasteiger partial charge >= 0.3 is 0 Å². The maximum atomic E-state index is 2.44. The van der Waals surface area contributed by atoms with Crippen molar-refractivity contribution in [3.63, 3.8) is 0 Å². The third-order valence-corrected chi connectivity index (χ3v) is 15.5. The van der Waals surface area contributed by atoms with E-state index in [1.54, 1.807) is 0 Å². The highest BCUT2D eigenvalue weighted by Gasteiger charge is 2.21. The van der Waals surface area contributed by atoms with Gasteiger partial charge in [0.2, 0.25) is 0 Å². The summed E-state index contributed by atoms with van der Waals surface area (Å²) >= 11 is 5.70. The Kier molecular flexibility index (Phi) is 7.97. The van der Waals surface area contributed by atoms with E-state index in [0.717, 1.165) is 17.8 Å². The number of anilines is 2. The molecule has 274 valence electrons. The second-order valence-electron chi connectivity index (χ2n) is 15.1. The van der Waals surface area contributed by atoms with Crippen molar-refractivity contribution in [2.45, 2.75) is 12.3 Å². The van der Waals surface area contributed by atoms with Crippen LogP contribution in [0.4, 0.5) is 11.4 Å². The minimum atomic E-state index is 0.315. The van der Waals surface area contributed by atoms with E-state index in [0.29, 0.717) is 5.92 Å². The van der Waals surface area contributed by atoms with Crippen molar-refractivity contribution in [2.24, 2.45) is 0 Å². The third kappa shape index (κ3) is 5.48. The molecule has 0 N–H and O–H groups in total. The fraction of sp³-hybridized carbons (Fsp3) is 0.0370. The molecule has 0 saturated heterocycles. The van der Waals surface area contributed by atoms with Gasteiger partial charge in [-0.15, -0.1) is 34.0 Å². The van der Waals surface area contributed by atoms with Crippen LogP contribution in [0, 0.1) is 0 Å². The number of allylic oxidation sites excluding steroid dienone is 3. The van der Waals surface area contributed by atoms with E-state index >= 15 is 0 Å². The summed E-state index contributed by atoms with van der Waals surface area (Å²) in [4.78, 5) is 2.43. The van der Waals surface area contributed by atoms with Crippen LogP contribution in [0.25, 0.3) is 82.8 Å². The summed E-state index contributed by atoms with van der Waals surface area (Å²) < 4.78 is 8.10. The predicted molar refractivity (Wildman–Crippen MR) is 256 cm³/mol. The smallest absolute Gasteiger partial charge is 0.0461 e. The molecule has 1 nitrogen and oxygen atoms in total. The van der Waals surface area contributed by atoms with E-state index in [4.69, 9.17) is 0 Å². The maximum Gasteiger partial charge on any atom is 0.0461 e. The van der Waals surface area contributed by atoms with Gasteiger partial charge in [-0.05, 0) is 82.8 Å². The standard InChI is InChI=1S/C54H35NS3/c1-4-19-49-43(10-1)46-16-7-13-40(52(46)56-49)34-22-28-37(29-23-34)55(38-30-24-35(25-31-38)41-14-8-17-47-44-11-2-5-20-50(44)57-53(41)47)39-32-26-36(27-33-39)42-15-9-18-48-45-12-3-6-21-51(45)58-54(42)48/h1-26,28-33,36H,27H2. The molecule has 1 aliphatic rings. The van der Waals surface area contributed by atoms with Gasteiger partial charge in [0, 0.05) is 83.5 Å². The lowest BCUT2D eigenvalue weighted by Crippen LogP contribution is -2.17. The number of thiophene rings is 3. The molecule has 12 rings (SSSR count). The SMILES string of the molecule is C1=CC(c2cccc3c2sc2ccccc23)CC=C1N(c1ccc(-c2cccc3c2sc2ccccc23)cc1)c1ccc(-c2cccc3c2sc2ccccc23)cc1. The molecular weight excluding hydrogens is 759 g/mol. The number of benzene rings is 8. The van der Waals surface area contributed by atoms with Gasteiger partial charge in [-0.2, -0.15) is 0 Å². The van der Waals surface area contributed by atoms with E-state index in [1.165, 1.54) is 94.0 Å². The van der Waals surface area contributed by atoms with Crippen LogP contribution in [0.3, 0.4) is 0 Å². The topological polar surface area (TPSA) is 3.24 Å². The first-order chi connectivity index (χ1) is 28.7. The monoisotopic (exact) mass is 793 g/mol. The Balaban J connectivity index is 0.932. The van der Waals surface area contributed by atoms with Gasteiger partial charge in [0.05, 0.1) is 0 Å². The lowest BCUT2D eigenvalue weighted by atomic mass is 9.90. The van der Waals surface area contributed by atoms with Crippen molar-refractivity contribution >= 4 is 106 Å². The first kappa shape index (κ1) is 33.8. The van der Waals surface area contributed by atoms with E-state index in [1.807, 2.05) is 34.0 Å². The zero-order valence-corrected chi connectivity index (χ0v) is 33.9. The summed E-state index contributed by atoms with van der Waals surface area (Å²) in [5, 5.41) is 8.03. The van der Waals surface area contributed by atoms with Crippen LogP contribution >= 0.6 is 34.0 Å². The molecule has 0 aliphatic heterocycles. The second-order valence-corrected chi connectivity index (χ2v) is 18.3. The normalized spacial score (nSPS) is 14.3. The first-order valence-corrected chi connectivity index (χ1v) is 22.3. The van der Waals surface area contributed by atoms with E-state index in [2.05, 4.69) is 199 Å². The number of fused-ring (bicyclic) bond motifs is 9. The predicted octanol–water partition coefficient (Wildman–Crippen LogP) is 16.9. The summed E-state index contributed by atoms with van der Waals surface area (Å²) in [6.45, 7) is 0. The number of nitrogens with zero attached hydrogens (tertiary/aromatic N) is 1. The van der Waals surface area contributed by atoms with Gasteiger partial charge < -0.3 is 4.90 Å². The Morgan fingerprint density at radius 3 is 1.31 bits per heavy atom. The summed E-state index contributed by atoms with van der Waals surface area (Å²) in [6.07, 6.45) is 8.15. The van der Waals surface area contributed by atoms with Crippen LogP contribution in [0.2, 0.25) is 0 Å². The minimum Gasteiger partial charge on any atom is -0.311 e. The van der Waals surface area contributed by atoms with Crippen molar-refractivity contribution in [2.75, 3.05) is 4.90 Å². The number of rotatable bonds is 6. The molecule has 4 heteroatoms. The molecule has 3 aromatic heterocycles. The zero-order chi connectivity index (χ0) is 38.2. The summed E-state index contributed by atoms with van der Waals surface area (Å²) in [6, 6.07) is 65.0. The molecule has 11 aromatic rings. The Labute approximate surface area is 348 Å². The lowest BCUT2D eigenvalue weighted by Gasteiger charge is -2.29. The van der Waals surface area contributed by atoms with Gasteiger partial charge in [-0.3, -0.25) is 0 Å². The van der Waals surface area contributed by atoms with Crippen LogP contribution in [0.5, 0.6) is 0 Å². The highest BCUT2D eigenvalue weighted by Crippen LogP contribution is 2.45. The van der Waals surface area contributed by atoms with E-state index < -0.39 is 0 Å². The molecule has 0 bridgehead atoms. The molecule has 0 radical (unpaired) electrons. The fourth-order valence-corrected chi connectivity index (χ4v) is 12.8. The Bertz CT molecular complexity index is 3270. The largest absolute Gasteiger partial charge is 0.311 e. The van der Waals surface area contributed by atoms with E-state index in [-0.39, 0.29) is 0 Å². The highest BCUT2D eigenvalue weighted by atomic mass is 32.1. The van der Waals surface area contributed by atoms with Gasteiger partial charge in [0.15, 0.2) is 0 Å². The van der Waals surface area contributed by atoms with Crippen LogP contribution in [-0.4, -0.2) is 0 Å². The quantitative estimate of drug-likeness (QED) is 0.162. The molecule has 3 heterocycles. The summed E-state index contributed by atoms with van der Waals surface area (Å²) in [5.74, 6) is 0.315. The summed E-state index contributed by atoms with van der Waals surface area (Å²) in [5.41, 5.74) is 9.93. The second kappa shape index (κ2) is 13.7. The molecule has 1 aliphatic carbocycles. The zero-order valence-electron chi connectivity index (χ0n) is 31.4. The molecule has 0 spiro atoms. The Hall–Kier alpha value is -6.30. The highest BCUT2D eigenvalue weighted by molar-refractivity contribution is 7.27. The minimum absolute atomic E-state index is 0.315. The molecule has 0 fully saturated rings. The summed E-state index contributed by atoms with van der Waals surface area (Å²) in [7, 11) is 0. The third-order valence-electron chi connectivity index (χ3n) is 11.9. The van der Waals surface area contributed by atoms with Gasteiger partial charge in [0.25, 0.3) is 0 Å². The lowest BCUT2D eigenvalue weighted by molar-refractivity contribution is 0.849. The van der Waals surface area contributed by atoms with Crippen molar-refractivity contribution in [3.05, 3.63) is 205 Å². The molecule has 0 saturated carbocycles. The van der Waals surface area contributed by atoms with Crippen LogP contribution in [0.15, 0.2) is 200 Å².